The van der Waals surface area contributed by atoms with Gasteiger partial charge in [0.25, 0.3) is 5.56 Å². The van der Waals surface area contributed by atoms with Crippen molar-refractivity contribution in [1.82, 2.24) is 18.7 Å². The Bertz CT molecular complexity index is 1230. The molecule has 0 amide bonds. The molecule has 0 aliphatic carbocycles. The van der Waals surface area contributed by atoms with E-state index in [0.717, 1.165) is 5.56 Å². The van der Waals surface area contributed by atoms with Crippen LogP contribution in [0.2, 0.25) is 0 Å². The first-order chi connectivity index (χ1) is 14.8. The van der Waals surface area contributed by atoms with Gasteiger partial charge in [-0.1, -0.05) is 26.0 Å². The molecule has 3 rings (SSSR count). The molecule has 8 nitrogen and oxygen atoms in total. The van der Waals surface area contributed by atoms with Crippen LogP contribution in [-0.4, -0.2) is 32.4 Å². The van der Waals surface area contributed by atoms with E-state index in [9.17, 15) is 9.59 Å². The molecule has 0 aliphatic heterocycles. The Hall–Kier alpha value is -3.29. The van der Waals surface area contributed by atoms with E-state index < -0.39 is 0 Å². The van der Waals surface area contributed by atoms with Crippen LogP contribution in [0.3, 0.4) is 0 Å². The first-order valence-electron chi connectivity index (χ1n) is 10.5. The van der Waals surface area contributed by atoms with Crippen LogP contribution in [0.5, 0.6) is 11.5 Å². The van der Waals surface area contributed by atoms with Gasteiger partial charge in [0.15, 0.2) is 22.7 Å². The standard InChI is InChI=1S/C23H30N4O4/c1-7-26-21-20(22(28)27(8-2)23(26)29)25(5)19(24-21)12-10-16-9-11-17(18(13-16)30-6)31-14-15(3)4/h9-13,15H,7-8,14H2,1-6H3/b12-10+. The number of nitrogens with zero attached hydrogens (tertiary/aromatic N) is 4. The Morgan fingerprint density at radius 1 is 1.06 bits per heavy atom. The predicted molar refractivity (Wildman–Crippen MR) is 123 cm³/mol. The zero-order valence-electron chi connectivity index (χ0n) is 19.0. The second kappa shape index (κ2) is 9.24. The molecule has 1 aromatic carbocycles. The molecule has 0 atom stereocenters. The third kappa shape index (κ3) is 4.28. The summed E-state index contributed by atoms with van der Waals surface area (Å²) >= 11 is 0. The lowest BCUT2D eigenvalue weighted by atomic mass is 10.2. The highest BCUT2D eigenvalue weighted by molar-refractivity contribution is 5.77. The lowest BCUT2D eigenvalue weighted by Gasteiger charge is -2.12. The van der Waals surface area contributed by atoms with E-state index in [2.05, 4.69) is 18.8 Å². The van der Waals surface area contributed by atoms with Crippen LogP contribution in [0.25, 0.3) is 23.3 Å². The fourth-order valence-electron chi connectivity index (χ4n) is 3.43. The van der Waals surface area contributed by atoms with Crippen LogP contribution in [0.1, 0.15) is 39.1 Å². The van der Waals surface area contributed by atoms with Crippen LogP contribution in [-0.2, 0) is 20.1 Å². The summed E-state index contributed by atoms with van der Waals surface area (Å²) in [5, 5.41) is 0. The Morgan fingerprint density at radius 2 is 1.77 bits per heavy atom. The van der Waals surface area contributed by atoms with E-state index in [4.69, 9.17) is 9.47 Å². The molecule has 0 aliphatic rings. The van der Waals surface area contributed by atoms with Crippen molar-refractivity contribution in [3.05, 3.63) is 50.4 Å². The van der Waals surface area contributed by atoms with Gasteiger partial charge in [0.2, 0.25) is 0 Å². The molecular weight excluding hydrogens is 396 g/mol. The summed E-state index contributed by atoms with van der Waals surface area (Å²) in [6.07, 6.45) is 3.71. The number of aromatic nitrogens is 4. The number of imidazole rings is 1. The predicted octanol–water partition coefficient (Wildman–Crippen LogP) is 3.15. The first kappa shape index (κ1) is 22.4. The molecule has 0 fully saturated rings. The summed E-state index contributed by atoms with van der Waals surface area (Å²) in [5.41, 5.74) is 1.06. The SMILES string of the molecule is CCn1c(=O)c2c(nc(/C=C/c3ccc(OCC(C)C)c(OC)c3)n2C)n(CC)c1=O. The van der Waals surface area contributed by atoms with Crippen molar-refractivity contribution < 1.29 is 9.47 Å². The monoisotopic (exact) mass is 426 g/mol. The molecule has 2 heterocycles. The van der Waals surface area contributed by atoms with E-state index in [1.54, 1.807) is 25.6 Å². The van der Waals surface area contributed by atoms with Crippen molar-refractivity contribution in [1.29, 1.82) is 0 Å². The van der Waals surface area contributed by atoms with Gasteiger partial charge >= 0.3 is 5.69 Å². The summed E-state index contributed by atoms with van der Waals surface area (Å²) in [6.45, 7) is 9.19. The van der Waals surface area contributed by atoms with Gasteiger partial charge in [-0.2, -0.15) is 0 Å². The van der Waals surface area contributed by atoms with Crippen LogP contribution in [0.15, 0.2) is 27.8 Å². The summed E-state index contributed by atoms with van der Waals surface area (Å²) in [6, 6.07) is 5.70. The smallest absolute Gasteiger partial charge is 0.332 e. The number of fused-ring (bicyclic) bond motifs is 1. The third-order valence-corrected chi connectivity index (χ3v) is 5.09. The lowest BCUT2D eigenvalue weighted by molar-refractivity contribution is 0.257. The maximum Gasteiger partial charge on any atom is 0.332 e. The fraction of sp³-hybridized carbons (Fsp3) is 0.435. The average molecular weight is 427 g/mol. The minimum atomic E-state index is -0.335. The second-order valence-corrected chi connectivity index (χ2v) is 7.73. The number of ether oxygens (including phenoxy) is 2. The number of methoxy groups -OCH3 is 1. The Kier molecular flexibility index (Phi) is 6.68. The van der Waals surface area contributed by atoms with Gasteiger partial charge < -0.3 is 14.0 Å². The van der Waals surface area contributed by atoms with Crippen molar-refractivity contribution in [2.75, 3.05) is 13.7 Å². The highest BCUT2D eigenvalue weighted by atomic mass is 16.5. The molecule has 0 bridgehead atoms. The van der Waals surface area contributed by atoms with Crippen molar-refractivity contribution in [2.24, 2.45) is 13.0 Å². The van der Waals surface area contributed by atoms with Crippen molar-refractivity contribution in [3.63, 3.8) is 0 Å². The Labute approximate surface area is 181 Å². The number of hydrogen-bond acceptors (Lipinski definition) is 5. The van der Waals surface area contributed by atoms with Crippen LogP contribution in [0, 0.1) is 5.92 Å². The molecule has 166 valence electrons. The largest absolute Gasteiger partial charge is 0.493 e. The van der Waals surface area contributed by atoms with Gasteiger partial charge in [-0.25, -0.2) is 9.78 Å². The summed E-state index contributed by atoms with van der Waals surface area (Å²) in [4.78, 5) is 30.0. The van der Waals surface area contributed by atoms with Crippen LogP contribution in [0.4, 0.5) is 0 Å². The third-order valence-electron chi connectivity index (χ3n) is 5.09. The molecule has 0 saturated carbocycles. The topological polar surface area (TPSA) is 80.3 Å². The van der Waals surface area contributed by atoms with E-state index in [1.165, 1.54) is 9.13 Å². The van der Waals surface area contributed by atoms with Gasteiger partial charge in [-0.15, -0.1) is 0 Å². The lowest BCUT2D eigenvalue weighted by Crippen LogP contribution is -2.39. The van der Waals surface area contributed by atoms with Crippen LogP contribution >= 0.6 is 0 Å². The van der Waals surface area contributed by atoms with Crippen LogP contribution < -0.4 is 20.7 Å². The quantitative estimate of drug-likeness (QED) is 0.553. The van der Waals surface area contributed by atoms with Gasteiger partial charge in [0.1, 0.15) is 5.82 Å². The molecule has 0 saturated heterocycles. The van der Waals surface area contributed by atoms with Gasteiger partial charge in [0.05, 0.1) is 13.7 Å². The van der Waals surface area contributed by atoms with Gasteiger partial charge in [0, 0.05) is 20.1 Å². The minimum absolute atomic E-state index is 0.314. The van der Waals surface area contributed by atoms with E-state index in [-0.39, 0.29) is 11.2 Å². The number of benzene rings is 1. The molecule has 0 unspecified atom stereocenters. The Morgan fingerprint density at radius 3 is 2.39 bits per heavy atom. The minimum Gasteiger partial charge on any atom is -0.493 e. The maximum atomic E-state index is 12.8. The summed E-state index contributed by atoms with van der Waals surface area (Å²) in [7, 11) is 3.39. The molecule has 2 aromatic heterocycles. The van der Waals surface area contributed by atoms with Crippen molar-refractivity contribution in [2.45, 2.75) is 40.8 Å². The summed E-state index contributed by atoms with van der Waals surface area (Å²) in [5.74, 6) is 2.35. The van der Waals surface area contributed by atoms with Crippen molar-refractivity contribution in [3.8, 4) is 11.5 Å². The van der Waals surface area contributed by atoms with Gasteiger partial charge in [-0.3, -0.25) is 13.9 Å². The van der Waals surface area contributed by atoms with E-state index in [0.29, 0.717) is 54.1 Å². The molecule has 31 heavy (non-hydrogen) atoms. The highest BCUT2D eigenvalue weighted by Crippen LogP contribution is 2.29. The number of hydrogen-bond donors (Lipinski definition) is 0. The highest BCUT2D eigenvalue weighted by Gasteiger charge is 2.17. The molecule has 8 heteroatoms. The molecular formula is C23H30N4O4. The average Bonchev–Trinajstić information content (AvgIpc) is 3.07. The summed E-state index contributed by atoms with van der Waals surface area (Å²) < 4.78 is 15.8. The van der Waals surface area contributed by atoms with E-state index in [1.807, 2.05) is 37.3 Å². The number of aryl methyl sites for hydroxylation is 2. The normalized spacial score (nSPS) is 11.7. The van der Waals surface area contributed by atoms with Crippen molar-refractivity contribution >= 4 is 23.3 Å². The second-order valence-electron chi connectivity index (χ2n) is 7.73. The Balaban J connectivity index is 2.02. The fourth-order valence-corrected chi connectivity index (χ4v) is 3.43. The zero-order valence-corrected chi connectivity index (χ0v) is 19.0. The molecule has 0 spiro atoms. The van der Waals surface area contributed by atoms with Gasteiger partial charge in [-0.05, 0) is 43.5 Å². The molecule has 0 radical (unpaired) electrons. The molecule has 0 N–H and O–H groups in total. The number of rotatable bonds is 8. The molecule has 3 aromatic rings. The zero-order chi connectivity index (χ0) is 22.7. The van der Waals surface area contributed by atoms with E-state index >= 15 is 0 Å². The first-order valence-corrected chi connectivity index (χ1v) is 10.5. The maximum absolute atomic E-state index is 12.8.